The van der Waals surface area contributed by atoms with Gasteiger partial charge in [0.2, 0.25) is 0 Å². The Morgan fingerprint density at radius 2 is 1.67 bits per heavy atom. The maximum absolute atomic E-state index is 12.5. The lowest BCUT2D eigenvalue weighted by molar-refractivity contribution is -0.167. The van der Waals surface area contributed by atoms with Gasteiger partial charge in [0.15, 0.2) is 0 Å². The summed E-state index contributed by atoms with van der Waals surface area (Å²) in [6, 6.07) is 2.01. The molecule has 9 heteroatoms. The number of halogens is 7. The Kier molecular flexibility index (Phi) is 3.80. The number of benzene rings is 1. The summed E-state index contributed by atoms with van der Waals surface area (Å²) >= 11 is 5.31. The van der Waals surface area contributed by atoms with Crippen molar-refractivity contribution in [2.45, 2.75) is 12.4 Å². The van der Waals surface area contributed by atoms with E-state index in [1.807, 2.05) is 0 Å². The number of amides is 1. The Hall–Kier alpha value is -1.44. The molecule has 1 rings (SSSR count). The van der Waals surface area contributed by atoms with Crippen molar-refractivity contribution in [2.75, 3.05) is 5.32 Å². The average molecular weight is 292 g/mol. The lowest BCUT2D eigenvalue weighted by Crippen LogP contribution is -2.30. The molecule has 0 radical (unpaired) electrons. The van der Waals surface area contributed by atoms with Crippen molar-refractivity contribution in [3.05, 3.63) is 28.8 Å². The first-order valence-electron chi connectivity index (χ1n) is 4.27. The van der Waals surface area contributed by atoms with Crippen LogP contribution in [0, 0.1) is 0 Å². The van der Waals surface area contributed by atoms with Crippen LogP contribution < -0.4 is 5.32 Å². The minimum atomic E-state index is -5.28. The lowest BCUT2D eigenvalue weighted by Gasteiger charge is -2.14. The van der Waals surface area contributed by atoms with E-state index in [1.54, 1.807) is 0 Å². The van der Waals surface area contributed by atoms with Gasteiger partial charge in [-0.05, 0) is 18.2 Å². The molecule has 1 aromatic rings. The maximum atomic E-state index is 12.5. The van der Waals surface area contributed by atoms with E-state index >= 15 is 0 Å². The molecule has 1 N–H and O–H groups in total. The van der Waals surface area contributed by atoms with E-state index in [-0.39, 0.29) is 5.02 Å². The van der Waals surface area contributed by atoms with Gasteiger partial charge in [0.1, 0.15) is 0 Å². The normalized spacial score (nSPS) is 12.4. The number of hydrogen-bond acceptors (Lipinski definition) is 1. The second kappa shape index (κ2) is 4.68. The number of alkyl halides is 6. The third-order valence-electron chi connectivity index (χ3n) is 1.79. The summed E-state index contributed by atoms with van der Waals surface area (Å²) in [6.07, 6.45) is -10.2. The van der Waals surface area contributed by atoms with Crippen molar-refractivity contribution >= 4 is 23.2 Å². The third kappa shape index (κ3) is 3.52. The minimum absolute atomic E-state index is 0.313. The highest BCUT2D eigenvalue weighted by molar-refractivity contribution is 6.30. The number of carbonyl (C=O) groups is 1. The molecule has 0 fully saturated rings. The number of anilines is 1. The van der Waals surface area contributed by atoms with Gasteiger partial charge in [0, 0.05) is 5.02 Å². The molecule has 0 spiro atoms. The van der Waals surface area contributed by atoms with Gasteiger partial charge in [-0.15, -0.1) is 0 Å². The fraction of sp³-hybridized carbons (Fsp3) is 0.222. The van der Waals surface area contributed by atoms with Crippen LogP contribution in [0.4, 0.5) is 32.0 Å². The summed E-state index contributed by atoms with van der Waals surface area (Å²) in [5.41, 5.74) is -2.46. The van der Waals surface area contributed by atoms with E-state index in [9.17, 15) is 31.1 Å². The topological polar surface area (TPSA) is 29.1 Å². The molecule has 0 aliphatic rings. The summed E-state index contributed by atoms with van der Waals surface area (Å²) in [7, 11) is 0. The van der Waals surface area contributed by atoms with Crippen LogP contribution in [-0.4, -0.2) is 12.1 Å². The van der Waals surface area contributed by atoms with Crippen LogP contribution in [-0.2, 0) is 11.0 Å². The molecule has 0 aromatic heterocycles. The van der Waals surface area contributed by atoms with Gasteiger partial charge in [-0.2, -0.15) is 26.3 Å². The molecule has 0 aliphatic heterocycles. The Bertz CT molecular complexity index is 467. The highest BCUT2D eigenvalue weighted by atomic mass is 35.5. The summed E-state index contributed by atoms with van der Waals surface area (Å²) in [4.78, 5) is 10.6. The van der Waals surface area contributed by atoms with Crippen molar-refractivity contribution in [3.63, 3.8) is 0 Å². The molecule has 18 heavy (non-hydrogen) atoms. The van der Waals surface area contributed by atoms with Crippen LogP contribution in [0.25, 0.3) is 0 Å². The Balaban J connectivity index is 3.14. The minimum Gasteiger partial charge on any atom is -0.318 e. The van der Waals surface area contributed by atoms with Crippen molar-refractivity contribution in [2.24, 2.45) is 0 Å². The molecule has 0 unspecified atom stereocenters. The van der Waals surface area contributed by atoms with E-state index in [0.29, 0.717) is 12.1 Å². The standard InChI is InChI=1S/C9H4ClF6NO/c10-4-1-2-6(5(3-4)8(11,12)13)17-7(18)9(14,15)16/h1-3H,(H,17,18). The van der Waals surface area contributed by atoms with E-state index in [4.69, 9.17) is 11.6 Å². The molecule has 0 atom stereocenters. The molecule has 0 aliphatic carbocycles. The fourth-order valence-corrected chi connectivity index (χ4v) is 1.23. The summed E-state index contributed by atoms with van der Waals surface area (Å²) < 4.78 is 73.2. The zero-order valence-corrected chi connectivity index (χ0v) is 9.04. The predicted molar refractivity (Wildman–Crippen MR) is 51.1 cm³/mol. The first kappa shape index (κ1) is 14.6. The molecule has 1 aromatic carbocycles. The predicted octanol–water partition coefficient (Wildman–Crippen LogP) is 3.86. The summed E-state index contributed by atoms with van der Waals surface area (Å²) in [5.74, 6) is -2.49. The first-order chi connectivity index (χ1) is 8.01. The van der Waals surface area contributed by atoms with Crippen molar-refractivity contribution < 1.29 is 31.1 Å². The van der Waals surface area contributed by atoms with Gasteiger partial charge in [0.05, 0.1) is 11.3 Å². The van der Waals surface area contributed by atoms with Crippen molar-refractivity contribution in [3.8, 4) is 0 Å². The van der Waals surface area contributed by atoms with Crippen LogP contribution in [0.15, 0.2) is 18.2 Å². The highest BCUT2D eigenvalue weighted by Crippen LogP contribution is 2.37. The maximum Gasteiger partial charge on any atom is 0.471 e. The van der Waals surface area contributed by atoms with E-state index < -0.39 is 29.5 Å². The second-order valence-corrected chi connectivity index (χ2v) is 3.58. The number of carbonyl (C=O) groups excluding carboxylic acids is 1. The molecule has 0 bridgehead atoms. The second-order valence-electron chi connectivity index (χ2n) is 3.14. The zero-order chi connectivity index (χ0) is 14.1. The smallest absolute Gasteiger partial charge is 0.318 e. The van der Waals surface area contributed by atoms with Gasteiger partial charge in [-0.25, -0.2) is 0 Å². The number of nitrogens with one attached hydrogen (secondary N) is 1. The monoisotopic (exact) mass is 291 g/mol. The van der Waals surface area contributed by atoms with Crippen molar-refractivity contribution in [1.29, 1.82) is 0 Å². The zero-order valence-electron chi connectivity index (χ0n) is 8.29. The number of rotatable bonds is 1. The molecule has 1 amide bonds. The quantitative estimate of drug-likeness (QED) is 0.782. The van der Waals surface area contributed by atoms with Gasteiger partial charge in [-0.1, -0.05) is 11.6 Å². The Morgan fingerprint density at radius 3 is 2.11 bits per heavy atom. The lowest BCUT2D eigenvalue weighted by atomic mass is 10.1. The van der Waals surface area contributed by atoms with Crippen LogP contribution >= 0.6 is 11.6 Å². The van der Waals surface area contributed by atoms with Crippen molar-refractivity contribution in [1.82, 2.24) is 0 Å². The van der Waals surface area contributed by atoms with Crippen LogP contribution in [0.1, 0.15) is 5.56 Å². The number of hydrogen-bond donors (Lipinski definition) is 1. The van der Waals surface area contributed by atoms with Gasteiger partial charge in [0.25, 0.3) is 0 Å². The molecular weight excluding hydrogens is 288 g/mol. The average Bonchev–Trinajstić information content (AvgIpc) is 2.17. The molecule has 0 heterocycles. The molecule has 0 saturated carbocycles. The van der Waals surface area contributed by atoms with Gasteiger partial charge < -0.3 is 5.32 Å². The van der Waals surface area contributed by atoms with Crippen LogP contribution in [0.5, 0.6) is 0 Å². The van der Waals surface area contributed by atoms with Crippen LogP contribution in [0.3, 0.4) is 0 Å². The highest BCUT2D eigenvalue weighted by Gasteiger charge is 2.41. The molecular formula is C9H4ClF6NO. The molecule has 100 valence electrons. The van der Waals surface area contributed by atoms with Crippen LogP contribution in [0.2, 0.25) is 5.02 Å². The van der Waals surface area contributed by atoms with Gasteiger partial charge >= 0.3 is 18.3 Å². The third-order valence-corrected chi connectivity index (χ3v) is 2.03. The van der Waals surface area contributed by atoms with E-state index in [2.05, 4.69) is 0 Å². The Labute approximate surface area is 102 Å². The van der Waals surface area contributed by atoms with E-state index in [1.165, 1.54) is 0 Å². The first-order valence-corrected chi connectivity index (χ1v) is 4.64. The molecule has 0 saturated heterocycles. The van der Waals surface area contributed by atoms with E-state index in [0.717, 1.165) is 11.4 Å². The summed E-state index contributed by atoms with van der Waals surface area (Å²) in [5, 5.41) is 0.829. The molecule has 2 nitrogen and oxygen atoms in total. The SMILES string of the molecule is O=C(Nc1ccc(Cl)cc1C(F)(F)F)C(F)(F)F. The Morgan fingerprint density at radius 1 is 1.11 bits per heavy atom. The fourth-order valence-electron chi connectivity index (χ4n) is 1.05. The largest absolute Gasteiger partial charge is 0.471 e. The summed E-state index contributed by atoms with van der Waals surface area (Å²) in [6.45, 7) is 0. The van der Waals surface area contributed by atoms with Gasteiger partial charge in [-0.3, -0.25) is 4.79 Å².